The summed E-state index contributed by atoms with van der Waals surface area (Å²) in [4.78, 5) is 22.7. The SMILES string of the molecule is CCc1cnc(Nc2ccc(C(N)=O)cc2)nc1N(C)C1CCCCC1. The molecular formula is C20H27N5O. The van der Waals surface area contributed by atoms with Gasteiger partial charge in [0.25, 0.3) is 0 Å². The van der Waals surface area contributed by atoms with Crippen LogP contribution >= 0.6 is 0 Å². The molecule has 0 aliphatic heterocycles. The third-order valence-corrected chi connectivity index (χ3v) is 5.10. The number of hydrogen-bond donors (Lipinski definition) is 2. The standard InChI is InChI=1S/C20H27N5O/c1-3-14-13-22-20(23-16-11-9-15(10-12-16)18(21)26)24-19(14)25(2)17-7-5-4-6-8-17/h9-13,17H,3-8H2,1-2H3,(H2,21,26)(H,22,23,24). The number of anilines is 3. The molecule has 1 fully saturated rings. The Balaban J connectivity index is 1.81. The van der Waals surface area contributed by atoms with E-state index in [2.05, 4.69) is 29.2 Å². The van der Waals surface area contributed by atoms with Crippen molar-refractivity contribution in [3.8, 4) is 0 Å². The van der Waals surface area contributed by atoms with E-state index in [-0.39, 0.29) is 0 Å². The number of carbonyl (C=O) groups is 1. The van der Waals surface area contributed by atoms with Gasteiger partial charge in [-0.05, 0) is 43.5 Å². The Morgan fingerprint density at radius 1 is 1.23 bits per heavy atom. The maximum atomic E-state index is 11.2. The molecule has 6 heteroatoms. The minimum absolute atomic E-state index is 0.434. The van der Waals surface area contributed by atoms with Crippen molar-refractivity contribution in [3.63, 3.8) is 0 Å². The molecule has 1 saturated carbocycles. The van der Waals surface area contributed by atoms with Crippen LogP contribution < -0.4 is 16.0 Å². The quantitative estimate of drug-likeness (QED) is 0.828. The van der Waals surface area contributed by atoms with Gasteiger partial charge in [0.1, 0.15) is 5.82 Å². The van der Waals surface area contributed by atoms with Crippen molar-refractivity contribution in [2.24, 2.45) is 5.73 Å². The Morgan fingerprint density at radius 3 is 2.54 bits per heavy atom. The third-order valence-electron chi connectivity index (χ3n) is 5.10. The van der Waals surface area contributed by atoms with Crippen molar-refractivity contribution in [3.05, 3.63) is 41.6 Å². The highest BCUT2D eigenvalue weighted by molar-refractivity contribution is 5.93. The van der Waals surface area contributed by atoms with Gasteiger partial charge in [-0.1, -0.05) is 26.2 Å². The molecule has 2 aromatic rings. The van der Waals surface area contributed by atoms with E-state index in [0.29, 0.717) is 17.6 Å². The Labute approximate surface area is 154 Å². The molecule has 6 nitrogen and oxygen atoms in total. The smallest absolute Gasteiger partial charge is 0.248 e. The van der Waals surface area contributed by atoms with Gasteiger partial charge in [0.15, 0.2) is 0 Å². The van der Waals surface area contributed by atoms with E-state index in [1.54, 1.807) is 12.1 Å². The van der Waals surface area contributed by atoms with E-state index in [1.807, 2.05) is 18.3 Å². The summed E-state index contributed by atoms with van der Waals surface area (Å²) in [5.74, 6) is 1.13. The van der Waals surface area contributed by atoms with E-state index < -0.39 is 5.91 Å². The molecular weight excluding hydrogens is 326 g/mol. The normalized spacial score (nSPS) is 14.8. The number of nitrogens with two attached hydrogens (primary N) is 1. The molecule has 26 heavy (non-hydrogen) atoms. The zero-order valence-electron chi connectivity index (χ0n) is 15.5. The Morgan fingerprint density at radius 2 is 1.92 bits per heavy atom. The lowest BCUT2D eigenvalue weighted by molar-refractivity contribution is 0.100. The van der Waals surface area contributed by atoms with Gasteiger partial charge < -0.3 is 16.0 Å². The highest BCUT2D eigenvalue weighted by Gasteiger charge is 2.21. The van der Waals surface area contributed by atoms with Crippen molar-refractivity contribution in [1.29, 1.82) is 0 Å². The molecule has 0 radical (unpaired) electrons. The van der Waals surface area contributed by atoms with Crippen molar-refractivity contribution in [1.82, 2.24) is 9.97 Å². The van der Waals surface area contributed by atoms with Gasteiger partial charge in [0.05, 0.1) is 0 Å². The molecule has 0 saturated heterocycles. The first-order chi connectivity index (χ1) is 12.6. The minimum atomic E-state index is -0.434. The van der Waals surface area contributed by atoms with Gasteiger partial charge in [-0.25, -0.2) is 4.98 Å². The summed E-state index contributed by atoms with van der Waals surface area (Å²) in [6.07, 6.45) is 9.17. The maximum absolute atomic E-state index is 11.2. The van der Waals surface area contributed by atoms with E-state index in [4.69, 9.17) is 10.7 Å². The Hall–Kier alpha value is -2.63. The van der Waals surface area contributed by atoms with E-state index in [1.165, 1.54) is 32.1 Å². The predicted molar refractivity (Wildman–Crippen MR) is 105 cm³/mol. The van der Waals surface area contributed by atoms with Crippen molar-refractivity contribution in [2.75, 3.05) is 17.3 Å². The topological polar surface area (TPSA) is 84.1 Å². The lowest BCUT2D eigenvalue weighted by atomic mass is 9.94. The lowest BCUT2D eigenvalue weighted by Gasteiger charge is -2.33. The second kappa shape index (κ2) is 8.17. The average Bonchev–Trinajstić information content (AvgIpc) is 2.68. The summed E-state index contributed by atoms with van der Waals surface area (Å²) in [5.41, 5.74) is 7.75. The van der Waals surface area contributed by atoms with Crippen LogP contribution in [-0.4, -0.2) is 29.0 Å². The molecule has 0 bridgehead atoms. The number of hydrogen-bond acceptors (Lipinski definition) is 5. The fourth-order valence-corrected chi connectivity index (χ4v) is 3.50. The molecule has 1 aromatic carbocycles. The number of rotatable bonds is 6. The summed E-state index contributed by atoms with van der Waals surface area (Å²) in [6.45, 7) is 2.13. The highest BCUT2D eigenvalue weighted by Crippen LogP contribution is 2.28. The molecule has 0 unspecified atom stereocenters. The minimum Gasteiger partial charge on any atom is -0.366 e. The first-order valence-electron chi connectivity index (χ1n) is 9.34. The van der Waals surface area contributed by atoms with Crippen LogP contribution in [0.1, 0.15) is 54.9 Å². The summed E-state index contributed by atoms with van der Waals surface area (Å²) < 4.78 is 0. The molecule has 3 rings (SSSR count). The molecule has 1 heterocycles. The van der Waals surface area contributed by atoms with Crippen molar-refractivity contribution >= 4 is 23.4 Å². The van der Waals surface area contributed by atoms with Gasteiger partial charge >= 0.3 is 0 Å². The number of aromatic nitrogens is 2. The fourth-order valence-electron chi connectivity index (χ4n) is 3.50. The Kier molecular flexibility index (Phi) is 5.71. The number of primary amides is 1. The first kappa shape index (κ1) is 18.2. The summed E-state index contributed by atoms with van der Waals surface area (Å²) in [7, 11) is 2.14. The van der Waals surface area contributed by atoms with Crippen LogP contribution in [0.15, 0.2) is 30.5 Å². The second-order valence-electron chi connectivity index (χ2n) is 6.87. The van der Waals surface area contributed by atoms with Crippen LogP contribution in [0.3, 0.4) is 0 Å². The van der Waals surface area contributed by atoms with Crippen LogP contribution in [0.25, 0.3) is 0 Å². The average molecular weight is 353 g/mol. The van der Waals surface area contributed by atoms with E-state index in [9.17, 15) is 4.79 Å². The van der Waals surface area contributed by atoms with Crippen molar-refractivity contribution in [2.45, 2.75) is 51.5 Å². The number of benzene rings is 1. The van der Waals surface area contributed by atoms with E-state index in [0.717, 1.165) is 23.5 Å². The lowest BCUT2D eigenvalue weighted by Crippen LogP contribution is -2.34. The summed E-state index contributed by atoms with van der Waals surface area (Å²) in [5, 5.41) is 3.22. The van der Waals surface area contributed by atoms with Gasteiger partial charge in [-0.3, -0.25) is 4.79 Å². The summed E-state index contributed by atoms with van der Waals surface area (Å²) in [6, 6.07) is 7.55. The largest absolute Gasteiger partial charge is 0.366 e. The van der Waals surface area contributed by atoms with Crippen LogP contribution in [0.5, 0.6) is 0 Å². The summed E-state index contributed by atoms with van der Waals surface area (Å²) >= 11 is 0. The van der Waals surface area contributed by atoms with Crippen LogP contribution in [0, 0.1) is 0 Å². The third kappa shape index (κ3) is 4.12. The van der Waals surface area contributed by atoms with Crippen LogP contribution in [0.4, 0.5) is 17.5 Å². The molecule has 1 aliphatic rings. The zero-order chi connectivity index (χ0) is 18.5. The van der Waals surface area contributed by atoms with E-state index >= 15 is 0 Å². The molecule has 1 aromatic heterocycles. The molecule has 0 spiro atoms. The van der Waals surface area contributed by atoms with Gasteiger partial charge in [-0.15, -0.1) is 0 Å². The number of amides is 1. The number of carbonyl (C=O) groups excluding carboxylic acids is 1. The first-order valence-corrected chi connectivity index (χ1v) is 9.34. The molecule has 1 amide bonds. The van der Waals surface area contributed by atoms with Crippen molar-refractivity contribution < 1.29 is 4.79 Å². The second-order valence-corrected chi connectivity index (χ2v) is 6.87. The highest BCUT2D eigenvalue weighted by atomic mass is 16.1. The molecule has 1 aliphatic carbocycles. The maximum Gasteiger partial charge on any atom is 0.248 e. The van der Waals surface area contributed by atoms with Crippen LogP contribution in [-0.2, 0) is 6.42 Å². The molecule has 0 atom stereocenters. The number of nitrogens with zero attached hydrogens (tertiary/aromatic N) is 3. The van der Waals surface area contributed by atoms with Gasteiger partial charge in [-0.2, -0.15) is 4.98 Å². The molecule has 138 valence electrons. The zero-order valence-corrected chi connectivity index (χ0v) is 15.5. The molecule has 3 N–H and O–H groups in total. The monoisotopic (exact) mass is 353 g/mol. The fraction of sp³-hybridized carbons (Fsp3) is 0.450. The Bertz CT molecular complexity index is 753. The van der Waals surface area contributed by atoms with Crippen LogP contribution in [0.2, 0.25) is 0 Å². The van der Waals surface area contributed by atoms with Gasteiger partial charge in [0.2, 0.25) is 11.9 Å². The van der Waals surface area contributed by atoms with Gasteiger partial charge in [0, 0.05) is 36.1 Å². The predicted octanol–water partition coefficient (Wildman–Crippen LogP) is 3.65. The number of nitrogens with one attached hydrogen (secondary N) is 1. The number of aryl methyl sites for hydroxylation is 1.